The van der Waals surface area contributed by atoms with Crippen molar-refractivity contribution in [2.75, 3.05) is 5.32 Å². The topological polar surface area (TPSA) is 71.1 Å². The summed E-state index contributed by atoms with van der Waals surface area (Å²) < 4.78 is 0. The SMILES string of the molecule is Cc1ccc(-c2csc(NC(=O)C[C@H](NC(=O)c3ccccc3)c3ccccc3)n2)cc1. The molecule has 0 fully saturated rings. The standard InChI is InChI=1S/C26H23N3O2S/c1-18-12-14-20(15-13-18)23-17-32-26(28-23)29-24(30)16-22(19-8-4-2-5-9-19)27-25(31)21-10-6-3-7-11-21/h2-15,17,22H,16H2,1H3,(H,27,31)(H,28,29,30)/t22-/m0/s1. The van der Waals surface area contributed by atoms with Gasteiger partial charge in [-0.15, -0.1) is 11.3 Å². The van der Waals surface area contributed by atoms with Gasteiger partial charge in [0.25, 0.3) is 5.91 Å². The van der Waals surface area contributed by atoms with Gasteiger partial charge in [-0.3, -0.25) is 9.59 Å². The number of aryl methyl sites for hydroxylation is 1. The molecule has 3 aromatic carbocycles. The Morgan fingerprint density at radius 3 is 2.25 bits per heavy atom. The number of aromatic nitrogens is 1. The number of thiazole rings is 1. The Hall–Kier alpha value is -3.77. The predicted octanol–water partition coefficient (Wildman–Crippen LogP) is 5.62. The van der Waals surface area contributed by atoms with Crippen LogP contribution < -0.4 is 10.6 Å². The molecule has 0 saturated heterocycles. The number of carbonyl (C=O) groups excluding carboxylic acids is 2. The van der Waals surface area contributed by atoms with Crippen LogP contribution in [0.15, 0.2) is 90.3 Å². The minimum Gasteiger partial charge on any atom is -0.345 e. The minimum absolute atomic E-state index is 0.0992. The van der Waals surface area contributed by atoms with E-state index in [1.54, 1.807) is 12.1 Å². The molecule has 1 atom stereocenters. The third-order valence-electron chi connectivity index (χ3n) is 5.03. The molecule has 5 nitrogen and oxygen atoms in total. The maximum Gasteiger partial charge on any atom is 0.251 e. The number of hydrogen-bond donors (Lipinski definition) is 2. The lowest BCUT2D eigenvalue weighted by Crippen LogP contribution is -2.31. The third kappa shape index (κ3) is 5.47. The first-order chi connectivity index (χ1) is 15.6. The fraction of sp³-hybridized carbons (Fsp3) is 0.115. The lowest BCUT2D eigenvalue weighted by Gasteiger charge is -2.19. The first-order valence-electron chi connectivity index (χ1n) is 10.3. The van der Waals surface area contributed by atoms with Crippen LogP contribution in [0, 0.1) is 6.92 Å². The van der Waals surface area contributed by atoms with E-state index in [9.17, 15) is 9.59 Å². The van der Waals surface area contributed by atoms with Crippen molar-refractivity contribution >= 4 is 28.3 Å². The van der Waals surface area contributed by atoms with Crippen LogP contribution in [0.5, 0.6) is 0 Å². The Balaban J connectivity index is 1.45. The van der Waals surface area contributed by atoms with E-state index in [0.29, 0.717) is 10.7 Å². The largest absolute Gasteiger partial charge is 0.345 e. The zero-order chi connectivity index (χ0) is 22.3. The summed E-state index contributed by atoms with van der Waals surface area (Å²) in [5.74, 6) is -0.430. The monoisotopic (exact) mass is 441 g/mol. The maximum absolute atomic E-state index is 12.8. The molecule has 6 heteroatoms. The Morgan fingerprint density at radius 2 is 1.56 bits per heavy atom. The highest BCUT2D eigenvalue weighted by Crippen LogP contribution is 2.26. The fourth-order valence-electron chi connectivity index (χ4n) is 3.31. The maximum atomic E-state index is 12.8. The second-order valence-electron chi connectivity index (χ2n) is 7.46. The summed E-state index contributed by atoms with van der Waals surface area (Å²) >= 11 is 1.38. The van der Waals surface area contributed by atoms with Crippen LogP contribution in [0.1, 0.15) is 33.9 Å². The lowest BCUT2D eigenvalue weighted by molar-refractivity contribution is -0.116. The van der Waals surface area contributed by atoms with E-state index in [1.165, 1.54) is 16.9 Å². The number of amides is 2. The van der Waals surface area contributed by atoms with Gasteiger partial charge in [0.05, 0.1) is 18.2 Å². The van der Waals surface area contributed by atoms with Gasteiger partial charge in [0, 0.05) is 16.5 Å². The van der Waals surface area contributed by atoms with E-state index in [0.717, 1.165) is 16.8 Å². The van der Waals surface area contributed by atoms with Crippen LogP contribution in [0.3, 0.4) is 0 Å². The van der Waals surface area contributed by atoms with Crippen LogP contribution >= 0.6 is 11.3 Å². The zero-order valence-corrected chi connectivity index (χ0v) is 18.4. The number of nitrogens with one attached hydrogen (secondary N) is 2. The van der Waals surface area contributed by atoms with Gasteiger partial charge in [0.1, 0.15) is 0 Å². The molecule has 0 aliphatic carbocycles. The normalized spacial score (nSPS) is 11.5. The van der Waals surface area contributed by atoms with Gasteiger partial charge >= 0.3 is 0 Å². The molecular weight excluding hydrogens is 418 g/mol. The van der Waals surface area contributed by atoms with Crippen molar-refractivity contribution in [2.24, 2.45) is 0 Å². The molecule has 4 rings (SSSR count). The van der Waals surface area contributed by atoms with Gasteiger partial charge in [-0.1, -0.05) is 78.4 Å². The Kier molecular flexibility index (Phi) is 6.72. The number of hydrogen-bond acceptors (Lipinski definition) is 4. The molecule has 2 amide bonds. The molecular formula is C26H23N3O2S. The summed E-state index contributed by atoms with van der Waals surface area (Å²) in [6.45, 7) is 2.04. The van der Waals surface area contributed by atoms with E-state index < -0.39 is 6.04 Å². The molecule has 0 unspecified atom stereocenters. The van der Waals surface area contributed by atoms with E-state index in [-0.39, 0.29) is 18.2 Å². The summed E-state index contributed by atoms with van der Waals surface area (Å²) in [5.41, 5.74) is 4.43. The van der Waals surface area contributed by atoms with Crippen molar-refractivity contribution < 1.29 is 9.59 Å². The Bertz CT molecular complexity index is 1190. The van der Waals surface area contributed by atoms with Gasteiger partial charge in [0.2, 0.25) is 5.91 Å². The zero-order valence-electron chi connectivity index (χ0n) is 17.6. The van der Waals surface area contributed by atoms with Crippen LogP contribution in [-0.2, 0) is 4.79 Å². The van der Waals surface area contributed by atoms with Crippen LogP contribution in [0.4, 0.5) is 5.13 Å². The van der Waals surface area contributed by atoms with Crippen LogP contribution in [0.25, 0.3) is 11.3 Å². The summed E-state index contributed by atoms with van der Waals surface area (Å²) in [7, 11) is 0. The third-order valence-corrected chi connectivity index (χ3v) is 5.79. The van der Waals surface area contributed by atoms with Gasteiger partial charge in [-0.25, -0.2) is 4.98 Å². The number of nitrogens with zero attached hydrogens (tertiary/aromatic N) is 1. The molecule has 0 saturated carbocycles. The molecule has 0 spiro atoms. The number of rotatable bonds is 7. The summed E-state index contributed by atoms with van der Waals surface area (Å²) in [6, 6.07) is 26.1. The summed E-state index contributed by atoms with van der Waals surface area (Å²) in [4.78, 5) is 30.0. The molecule has 1 heterocycles. The Morgan fingerprint density at radius 1 is 0.906 bits per heavy atom. The van der Waals surface area contributed by atoms with E-state index in [1.807, 2.05) is 85.1 Å². The molecule has 0 radical (unpaired) electrons. The van der Waals surface area contributed by atoms with E-state index in [2.05, 4.69) is 15.6 Å². The molecule has 4 aromatic rings. The van der Waals surface area contributed by atoms with Crippen LogP contribution in [0.2, 0.25) is 0 Å². The fourth-order valence-corrected chi connectivity index (χ4v) is 4.05. The number of benzene rings is 3. The van der Waals surface area contributed by atoms with Crippen molar-refractivity contribution in [3.63, 3.8) is 0 Å². The first-order valence-corrected chi connectivity index (χ1v) is 11.2. The van der Waals surface area contributed by atoms with Crippen molar-refractivity contribution in [1.29, 1.82) is 0 Å². The highest BCUT2D eigenvalue weighted by Gasteiger charge is 2.20. The highest BCUT2D eigenvalue weighted by molar-refractivity contribution is 7.14. The van der Waals surface area contributed by atoms with Gasteiger partial charge in [-0.2, -0.15) is 0 Å². The Labute approximate surface area is 191 Å². The average Bonchev–Trinajstić information content (AvgIpc) is 3.28. The van der Waals surface area contributed by atoms with E-state index >= 15 is 0 Å². The second-order valence-corrected chi connectivity index (χ2v) is 8.32. The number of carbonyl (C=O) groups is 2. The molecule has 2 N–H and O–H groups in total. The van der Waals surface area contributed by atoms with Gasteiger partial charge < -0.3 is 10.6 Å². The lowest BCUT2D eigenvalue weighted by atomic mass is 10.0. The highest BCUT2D eigenvalue weighted by atomic mass is 32.1. The van der Waals surface area contributed by atoms with Crippen molar-refractivity contribution in [2.45, 2.75) is 19.4 Å². The molecule has 0 bridgehead atoms. The average molecular weight is 442 g/mol. The molecule has 1 aromatic heterocycles. The second kappa shape index (κ2) is 10.0. The van der Waals surface area contributed by atoms with Crippen molar-refractivity contribution in [3.8, 4) is 11.3 Å². The quantitative estimate of drug-likeness (QED) is 0.391. The molecule has 0 aliphatic rings. The number of anilines is 1. The smallest absolute Gasteiger partial charge is 0.251 e. The molecule has 0 aliphatic heterocycles. The van der Waals surface area contributed by atoms with Crippen molar-refractivity contribution in [1.82, 2.24) is 10.3 Å². The van der Waals surface area contributed by atoms with Crippen LogP contribution in [-0.4, -0.2) is 16.8 Å². The first kappa shape index (κ1) is 21.5. The molecule has 32 heavy (non-hydrogen) atoms. The van der Waals surface area contributed by atoms with Gasteiger partial charge in [-0.05, 0) is 24.6 Å². The minimum atomic E-state index is -0.458. The molecule has 160 valence electrons. The predicted molar refractivity (Wildman–Crippen MR) is 129 cm³/mol. The van der Waals surface area contributed by atoms with Gasteiger partial charge in [0.15, 0.2) is 5.13 Å². The van der Waals surface area contributed by atoms with Crippen molar-refractivity contribution in [3.05, 3.63) is 107 Å². The van der Waals surface area contributed by atoms with E-state index in [4.69, 9.17) is 0 Å². The summed E-state index contributed by atoms with van der Waals surface area (Å²) in [5, 5.41) is 8.32. The summed E-state index contributed by atoms with van der Waals surface area (Å²) in [6.07, 6.45) is 0.0992.